The molecular formula is C18H21N3O2. The molecule has 2 N–H and O–H groups in total. The summed E-state index contributed by atoms with van der Waals surface area (Å²) in [5.74, 6) is 2.53. The van der Waals surface area contributed by atoms with Crippen molar-refractivity contribution in [1.29, 1.82) is 0 Å². The van der Waals surface area contributed by atoms with Crippen molar-refractivity contribution in [1.82, 2.24) is 9.97 Å². The first-order valence-corrected chi connectivity index (χ1v) is 7.68. The molecule has 0 aliphatic heterocycles. The molecule has 1 aromatic carbocycles. The highest BCUT2D eigenvalue weighted by atomic mass is 16.5. The monoisotopic (exact) mass is 311 g/mol. The van der Waals surface area contributed by atoms with Gasteiger partial charge in [-0.05, 0) is 31.0 Å². The molecular weight excluding hydrogens is 290 g/mol. The minimum absolute atomic E-state index is 0.791. The van der Waals surface area contributed by atoms with Gasteiger partial charge in [-0.3, -0.25) is 0 Å². The summed E-state index contributed by atoms with van der Waals surface area (Å²) >= 11 is 0. The standard InChI is InChI=1S/C18H21N3O2/c1-22-14-11-16-15(17(12-14)23-2)10-13(21-16)6-5-9-20-18-7-3-4-8-19-18/h3-4,7-8,10-12,21H,5-6,9H2,1-2H3,(H,19,20). The number of nitrogens with one attached hydrogen (secondary N) is 2. The molecule has 5 nitrogen and oxygen atoms in total. The van der Waals surface area contributed by atoms with E-state index in [9.17, 15) is 0 Å². The Hall–Kier alpha value is -2.69. The Labute approximate surface area is 135 Å². The summed E-state index contributed by atoms with van der Waals surface area (Å²) in [4.78, 5) is 7.69. The Morgan fingerprint density at radius 1 is 1.13 bits per heavy atom. The lowest BCUT2D eigenvalue weighted by Gasteiger charge is -2.04. The third-order valence-electron chi connectivity index (χ3n) is 3.78. The quantitative estimate of drug-likeness (QED) is 0.654. The van der Waals surface area contributed by atoms with Crippen LogP contribution in [0.25, 0.3) is 10.9 Å². The molecule has 0 atom stereocenters. The maximum atomic E-state index is 5.45. The van der Waals surface area contributed by atoms with E-state index in [1.165, 1.54) is 5.69 Å². The molecule has 3 rings (SSSR count). The van der Waals surface area contributed by atoms with Crippen LogP contribution in [0.5, 0.6) is 11.5 Å². The van der Waals surface area contributed by atoms with E-state index in [4.69, 9.17) is 9.47 Å². The predicted octanol–water partition coefficient (Wildman–Crippen LogP) is 3.62. The third kappa shape index (κ3) is 3.56. The molecule has 5 heteroatoms. The van der Waals surface area contributed by atoms with Crippen molar-refractivity contribution in [2.45, 2.75) is 12.8 Å². The molecule has 0 radical (unpaired) electrons. The molecule has 0 unspecified atom stereocenters. The van der Waals surface area contributed by atoms with E-state index < -0.39 is 0 Å². The van der Waals surface area contributed by atoms with Gasteiger partial charge in [-0.25, -0.2) is 4.98 Å². The van der Waals surface area contributed by atoms with E-state index in [1.807, 2.05) is 30.3 Å². The number of aryl methyl sites for hydroxylation is 1. The van der Waals surface area contributed by atoms with Crippen LogP contribution < -0.4 is 14.8 Å². The molecule has 0 saturated carbocycles. The lowest BCUT2D eigenvalue weighted by atomic mass is 10.2. The average molecular weight is 311 g/mol. The van der Waals surface area contributed by atoms with Crippen LogP contribution >= 0.6 is 0 Å². The predicted molar refractivity (Wildman–Crippen MR) is 92.5 cm³/mol. The van der Waals surface area contributed by atoms with Gasteiger partial charge in [0.2, 0.25) is 0 Å². The lowest BCUT2D eigenvalue weighted by molar-refractivity contribution is 0.398. The number of rotatable bonds is 7. The SMILES string of the molecule is COc1cc(OC)c2cc(CCCNc3ccccn3)[nH]c2c1. The van der Waals surface area contributed by atoms with Crippen LogP contribution in [0.1, 0.15) is 12.1 Å². The smallest absolute Gasteiger partial charge is 0.131 e. The molecule has 0 fully saturated rings. The van der Waals surface area contributed by atoms with Crippen LogP contribution in [0.3, 0.4) is 0 Å². The maximum absolute atomic E-state index is 5.45. The molecule has 0 aliphatic rings. The topological polar surface area (TPSA) is 59.2 Å². The van der Waals surface area contributed by atoms with E-state index in [0.717, 1.165) is 47.6 Å². The fourth-order valence-corrected chi connectivity index (χ4v) is 2.62. The maximum Gasteiger partial charge on any atom is 0.131 e. The zero-order valence-electron chi connectivity index (χ0n) is 13.4. The number of H-pyrrole nitrogens is 1. The number of fused-ring (bicyclic) bond motifs is 1. The van der Waals surface area contributed by atoms with Crippen molar-refractivity contribution in [3.63, 3.8) is 0 Å². The van der Waals surface area contributed by atoms with Crippen LogP contribution in [-0.4, -0.2) is 30.7 Å². The van der Waals surface area contributed by atoms with E-state index in [1.54, 1.807) is 20.4 Å². The number of ether oxygens (including phenoxy) is 2. The second-order valence-electron chi connectivity index (χ2n) is 5.33. The average Bonchev–Trinajstić information content (AvgIpc) is 3.01. The van der Waals surface area contributed by atoms with E-state index in [-0.39, 0.29) is 0 Å². The number of aromatic nitrogens is 2. The van der Waals surface area contributed by atoms with Crippen LogP contribution in [-0.2, 0) is 6.42 Å². The number of benzene rings is 1. The molecule has 3 aromatic rings. The van der Waals surface area contributed by atoms with Gasteiger partial charge in [0.05, 0.1) is 19.7 Å². The zero-order valence-corrected chi connectivity index (χ0v) is 13.4. The second kappa shape index (κ2) is 7.05. The molecule has 2 aromatic heterocycles. The number of methoxy groups -OCH3 is 2. The Morgan fingerprint density at radius 3 is 2.78 bits per heavy atom. The van der Waals surface area contributed by atoms with Gasteiger partial charge in [-0.2, -0.15) is 0 Å². The number of hydrogen-bond donors (Lipinski definition) is 2. The highest BCUT2D eigenvalue weighted by molar-refractivity contribution is 5.88. The Kier molecular flexibility index (Phi) is 4.66. The fraction of sp³-hybridized carbons (Fsp3) is 0.278. The first kappa shape index (κ1) is 15.2. The summed E-state index contributed by atoms with van der Waals surface area (Å²) in [5.41, 5.74) is 2.23. The van der Waals surface area contributed by atoms with Crippen LogP contribution in [0.4, 0.5) is 5.82 Å². The number of nitrogens with zero attached hydrogens (tertiary/aromatic N) is 1. The fourth-order valence-electron chi connectivity index (χ4n) is 2.62. The van der Waals surface area contributed by atoms with Crippen molar-refractivity contribution < 1.29 is 9.47 Å². The van der Waals surface area contributed by atoms with Crippen molar-refractivity contribution in [2.75, 3.05) is 26.1 Å². The van der Waals surface area contributed by atoms with Crippen molar-refractivity contribution in [3.05, 3.63) is 48.3 Å². The summed E-state index contributed by atoms with van der Waals surface area (Å²) in [6.07, 6.45) is 3.77. The molecule has 0 aliphatic carbocycles. The molecule has 0 amide bonds. The van der Waals surface area contributed by atoms with E-state index in [2.05, 4.69) is 21.4 Å². The molecule has 23 heavy (non-hydrogen) atoms. The first-order valence-electron chi connectivity index (χ1n) is 7.68. The summed E-state index contributed by atoms with van der Waals surface area (Å²) in [6.45, 7) is 0.882. The first-order chi connectivity index (χ1) is 11.3. The minimum atomic E-state index is 0.791. The largest absolute Gasteiger partial charge is 0.497 e. The van der Waals surface area contributed by atoms with Gasteiger partial charge in [0.1, 0.15) is 17.3 Å². The minimum Gasteiger partial charge on any atom is -0.497 e. The number of pyridine rings is 1. The van der Waals surface area contributed by atoms with Crippen LogP contribution in [0.15, 0.2) is 42.6 Å². The lowest BCUT2D eigenvalue weighted by Crippen LogP contribution is -2.04. The summed E-state index contributed by atoms with van der Waals surface area (Å²) < 4.78 is 10.8. The summed E-state index contributed by atoms with van der Waals surface area (Å²) in [7, 11) is 3.34. The number of aromatic amines is 1. The highest BCUT2D eigenvalue weighted by Gasteiger charge is 2.09. The third-order valence-corrected chi connectivity index (χ3v) is 3.78. The Bertz CT molecular complexity index is 769. The summed E-state index contributed by atoms with van der Waals surface area (Å²) in [5, 5.41) is 4.40. The Balaban J connectivity index is 1.64. The molecule has 2 heterocycles. The molecule has 0 spiro atoms. The number of anilines is 1. The second-order valence-corrected chi connectivity index (χ2v) is 5.33. The highest BCUT2D eigenvalue weighted by Crippen LogP contribution is 2.31. The molecule has 0 bridgehead atoms. The van der Waals surface area contributed by atoms with Gasteiger partial charge in [0, 0.05) is 36.0 Å². The number of hydrogen-bond acceptors (Lipinski definition) is 4. The van der Waals surface area contributed by atoms with E-state index >= 15 is 0 Å². The Morgan fingerprint density at radius 2 is 2.04 bits per heavy atom. The van der Waals surface area contributed by atoms with Gasteiger partial charge >= 0.3 is 0 Å². The molecule has 0 saturated heterocycles. The van der Waals surface area contributed by atoms with Gasteiger partial charge in [0.15, 0.2) is 0 Å². The van der Waals surface area contributed by atoms with E-state index in [0.29, 0.717) is 0 Å². The summed E-state index contributed by atoms with van der Waals surface area (Å²) in [6, 6.07) is 11.9. The van der Waals surface area contributed by atoms with Gasteiger partial charge in [-0.15, -0.1) is 0 Å². The zero-order chi connectivity index (χ0) is 16.1. The van der Waals surface area contributed by atoms with Crippen LogP contribution in [0, 0.1) is 0 Å². The van der Waals surface area contributed by atoms with Crippen molar-refractivity contribution in [2.24, 2.45) is 0 Å². The van der Waals surface area contributed by atoms with Gasteiger partial charge in [0.25, 0.3) is 0 Å². The van der Waals surface area contributed by atoms with Gasteiger partial charge in [-0.1, -0.05) is 6.07 Å². The van der Waals surface area contributed by atoms with Gasteiger partial charge < -0.3 is 19.8 Å². The van der Waals surface area contributed by atoms with Crippen molar-refractivity contribution >= 4 is 16.7 Å². The normalized spacial score (nSPS) is 10.7. The van der Waals surface area contributed by atoms with Crippen LogP contribution in [0.2, 0.25) is 0 Å². The molecule has 120 valence electrons. The van der Waals surface area contributed by atoms with Crippen molar-refractivity contribution in [3.8, 4) is 11.5 Å².